The van der Waals surface area contributed by atoms with Gasteiger partial charge in [-0.2, -0.15) is 0 Å². The number of hydrogen-bond donors (Lipinski definition) is 1. The van der Waals surface area contributed by atoms with Crippen molar-refractivity contribution in [2.45, 2.75) is 13.0 Å². The van der Waals surface area contributed by atoms with Crippen molar-refractivity contribution in [2.24, 2.45) is 0 Å². The van der Waals surface area contributed by atoms with E-state index < -0.39 is 0 Å². The van der Waals surface area contributed by atoms with Gasteiger partial charge >= 0.3 is 0 Å². The number of aromatic nitrogens is 1. The number of anilines is 1. The Hall–Kier alpha value is -0.320. The zero-order chi connectivity index (χ0) is 10.8. The zero-order valence-electron chi connectivity index (χ0n) is 8.50. The van der Waals surface area contributed by atoms with Crippen molar-refractivity contribution in [1.82, 2.24) is 10.3 Å². The van der Waals surface area contributed by atoms with Crippen LogP contribution in [0, 0.1) is 0 Å². The van der Waals surface area contributed by atoms with Crippen LogP contribution in [0.1, 0.15) is 6.92 Å². The molecule has 0 aromatic carbocycles. The average molecular weight is 291 g/mol. The SMILES string of the molecule is C[C@H]1CN(c2ncc(Cl)cc2Br)CCN1. The number of rotatable bonds is 1. The van der Waals surface area contributed by atoms with E-state index in [9.17, 15) is 0 Å². The maximum atomic E-state index is 5.86. The molecule has 82 valence electrons. The van der Waals surface area contributed by atoms with Gasteiger partial charge < -0.3 is 10.2 Å². The van der Waals surface area contributed by atoms with E-state index in [1.807, 2.05) is 6.07 Å². The van der Waals surface area contributed by atoms with Gasteiger partial charge in [0.05, 0.1) is 9.50 Å². The molecule has 1 aliphatic rings. The minimum absolute atomic E-state index is 0.503. The summed E-state index contributed by atoms with van der Waals surface area (Å²) >= 11 is 9.35. The van der Waals surface area contributed by atoms with E-state index in [1.54, 1.807) is 6.20 Å². The van der Waals surface area contributed by atoms with Crippen LogP contribution >= 0.6 is 27.5 Å². The minimum atomic E-state index is 0.503. The third kappa shape index (κ3) is 2.62. The van der Waals surface area contributed by atoms with Crippen LogP contribution in [0.5, 0.6) is 0 Å². The molecule has 1 aromatic rings. The fourth-order valence-corrected chi connectivity index (χ4v) is 2.65. The highest BCUT2D eigenvalue weighted by atomic mass is 79.9. The van der Waals surface area contributed by atoms with E-state index >= 15 is 0 Å². The Morgan fingerprint density at radius 3 is 3.13 bits per heavy atom. The molecule has 0 bridgehead atoms. The van der Waals surface area contributed by atoms with Crippen LogP contribution in [0.15, 0.2) is 16.7 Å². The Morgan fingerprint density at radius 1 is 1.67 bits per heavy atom. The largest absolute Gasteiger partial charge is 0.353 e. The lowest BCUT2D eigenvalue weighted by Gasteiger charge is -2.33. The third-order valence-corrected chi connectivity index (χ3v) is 3.25. The summed E-state index contributed by atoms with van der Waals surface area (Å²) in [5, 5.41) is 4.06. The van der Waals surface area contributed by atoms with Gasteiger partial charge in [-0.25, -0.2) is 4.98 Å². The first kappa shape index (κ1) is 11.2. The highest BCUT2D eigenvalue weighted by Crippen LogP contribution is 2.26. The molecular formula is C10H13BrClN3. The van der Waals surface area contributed by atoms with Gasteiger partial charge in [-0.15, -0.1) is 0 Å². The maximum absolute atomic E-state index is 5.86. The van der Waals surface area contributed by atoms with Gasteiger partial charge in [0, 0.05) is 31.9 Å². The first-order valence-electron chi connectivity index (χ1n) is 4.96. The van der Waals surface area contributed by atoms with Crippen LogP contribution in [0.2, 0.25) is 5.02 Å². The molecule has 2 rings (SSSR count). The summed E-state index contributed by atoms with van der Waals surface area (Å²) in [6.07, 6.45) is 1.69. The van der Waals surface area contributed by atoms with Crippen LogP contribution in [0.4, 0.5) is 5.82 Å². The number of piperazine rings is 1. The quantitative estimate of drug-likeness (QED) is 0.860. The van der Waals surface area contributed by atoms with E-state index in [1.165, 1.54) is 0 Å². The molecule has 1 fully saturated rings. The molecule has 0 saturated carbocycles. The second-order valence-corrected chi connectivity index (χ2v) is 5.05. The van der Waals surface area contributed by atoms with Crippen LogP contribution in [-0.2, 0) is 0 Å². The number of pyridine rings is 1. The summed E-state index contributed by atoms with van der Waals surface area (Å²) < 4.78 is 0.962. The molecular weight excluding hydrogens is 277 g/mol. The van der Waals surface area contributed by atoms with Crippen molar-refractivity contribution in [3.8, 4) is 0 Å². The normalized spacial score (nSPS) is 21.8. The van der Waals surface area contributed by atoms with Gasteiger partial charge in [0.15, 0.2) is 0 Å². The van der Waals surface area contributed by atoms with Crippen molar-refractivity contribution in [3.05, 3.63) is 21.8 Å². The van der Waals surface area contributed by atoms with Gasteiger partial charge in [0.1, 0.15) is 5.82 Å². The molecule has 1 aliphatic heterocycles. The Labute approximate surface area is 103 Å². The Kier molecular flexibility index (Phi) is 3.49. The maximum Gasteiger partial charge on any atom is 0.143 e. The van der Waals surface area contributed by atoms with E-state index in [-0.39, 0.29) is 0 Å². The average Bonchev–Trinajstić information content (AvgIpc) is 2.17. The molecule has 0 amide bonds. The van der Waals surface area contributed by atoms with Crippen LogP contribution < -0.4 is 10.2 Å². The van der Waals surface area contributed by atoms with Crippen molar-refractivity contribution in [1.29, 1.82) is 0 Å². The standard InChI is InChI=1S/C10H13BrClN3/c1-7-6-15(3-2-13-7)10-9(11)4-8(12)5-14-10/h4-5,7,13H,2-3,6H2,1H3/t7-/m0/s1. The molecule has 0 radical (unpaired) electrons. The number of nitrogens with zero attached hydrogens (tertiary/aromatic N) is 2. The smallest absolute Gasteiger partial charge is 0.143 e. The lowest BCUT2D eigenvalue weighted by molar-refractivity contribution is 0.482. The number of hydrogen-bond acceptors (Lipinski definition) is 3. The van der Waals surface area contributed by atoms with Gasteiger partial charge in [0.25, 0.3) is 0 Å². The molecule has 2 heterocycles. The first-order chi connectivity index (χ1) is 7.16. The Morgan fingerprint density at radius 2 is 2.47 bits per heavy atom. The molecule has 15 heavy (non-hydrogen) atoms. The molecule has 1 aromatic heterocycles. The summed E-state index contributed by atoms with van der Waals surface area (Å²) in [5.41, 5.74) is 0. The fourth-order valence-electron chi connectivity index (χ4n) is 1.76. The van der Waals surface area contributed by atoms with E-state index in [2.05, 4.69) is 38.1 Å². The summed E-state index contributed by atoms with van der Waals surface area (Å²) in [5.74, 6) is 0.979. The predicted octanol–water partition coefficient (Wildman–Crippen LogP) is 2.30. The Balaban J connectivity index is 2.21. The van der Waals surface area contributed by atoms with Gasteiger partial charge in [0.2, 0.25) is 0 Å². The molecule has 0 aliphatic carbocycles. The first-order valence-corrected chi connectivity index (χ1v) is 6.13. The fraction of sp³-hybridized carbons (Fsp3) is 0.500. The molecule has 3 nitrogen and oxygen atoms in total. The zero-order valence-corrected chi connectivity index (χ0v) is 10.8. The van der Waals surface area contributed by atoms with E-state index in [0.717, 1.165) is 29.9 Å². The van der Waals surface area contributed by atoms with Crippen molar-refractivity contribution >= 4 is 33.3 Å². The molecule has 5 heteroatoms. The third-order valence-electron chi connectivity index (χ3n) is 2.46. The topological polar surface area (TPSA) is 28.2 Å². The molecule has 1 saturated heterocycles. The summed E-state index contributed by atoms with van der Waals surface area (Å²) in [6, 6.07) is 2.39. The van der Waals surface area contributed by atoms with Gasteiger partial charge in [-0.05, 0) is 28.9 Å². The lowest BCUT2D eigenvalue weighted by atomic mass is 10.2. The van der Waals surface area contributed by atoms with Crippen molar-refractivity contribution in [2.75, 3.05) is 24.5 Å². The van der Waals surface area contributed by atoms with Gasteiger partial charge in [-0.3, -0.25) is 0 Å². The predicted molar refractivity (Wildman–Crippen MR) is 66.6 cm³/mol. The van der Waals surface area contributed by atoms with Crippen LogP contribution in [0.25, 0.3) is 0 Å². The summed E-state index contributed by atoms with van der Waals surface area (Å²) in [6.45, 7) is 5.14. The Bertz CT molecular complexity index is 359. The number of halogens is 2. The summed E-state index contributed by atoms with van der Waals surface area (Å²) in [7, 11) is 0. The monoisotopic (exact) mass is 289 g/mol. The molecule has 1 N–H and O–H groups in total. The van der Waals surface area contributed by atoms with Crippen LogP contribution in [0.3, 0.4) is 0 Å². The van der Waals surface area contributed by atoms with E-state index in [0.29, 0.717) is 11.1 Å². The van der Waals surface area contributed by atoms with Gasteiger partial charge in [-0.1, -0.05) is 11.6 Å². The highest BCUT2D eigenvalue weighted by molar-refractivity contribution is 9.10. The number of nitrogens with one attached hydrogen (secondary N) is 1. The van der Waals surface area contributed by atoms with Crippen molar-refractivity contribution < 1.29 is 0 Å². The van der Waals surface area contributed by atoms with Crippen LogP contribution in [-0.4, -0.2) is 30.7 Å². The highest BCUT2D eigenvalue weighted by Gasteiger charge is 2.18. The molecule has 0 unspecified atom stereocenters. The second-order valence-electron chi connectivity index (χ2n) is 3.76. The minimum Gasteiger partial charge on any atom is -0.353 e. The lowest BCUT2D eigenvalue weighted by Crippen LogP contribution is -2.49. The summed E-state index contributed by atoms with van der Waals surface area (Å²) in [4.78, 5) is 6.62. The van der Waals surface area contributed by atoms with Crippen molar-refractivity contribution in [3.63, 3.8) is 0 Å². The molecule has 1 atom stereocenters. The molecule has 0 spiro atoms. The second kappa shape index (κ2) is 4.68. The van der Waals surface area contributed by atoms with E-state index in [4.69, 9.17) is 11.6 Å².